The quantitative estimate of drug-likeness (QED) is 0.156. The summed E-state index contributed by atoms with van der Waals surface area (Å²) < 4.78 is 0. The highest BCUT2D eigenvalue weighted by molar-refractivity contribution is 6.40. The van der Waals surface area contributed by atoms with E-state index in [1.54, 1.807) is 0 Å². The molecular formula is C56H46. The lowest BCUT2D eigenvalue weighted by atomic mass is 9.86. The number of benzene rings is 9. The van der Waals surface area contributed by atoms with Crippen LogP contribution in [0.15, 0.2) is 133 Å². The second kappa shape index (κ2) is 11.3. The van der Waals surface area contributed by atoms with Crippen molar-refractivity contribution < 1.29 is 0 Å². The maximum atomic E-state index is 2.53. The van der Waals surface area contributed by atoms with Crippen LogP contribution in [0, 0.1) is 13.8 Å². The molecule has 0 heterocycles. The van der Waals surface area contributed by atoms with Gasteiger partial charge in [-0.15, -0.1) is 0 Å². The first-order chi connectivity index (χ1) is 26.8. The van der Waals surface area contributed by atoms with Crippen LogP contribution in [-0.4, -0.2) is 0 Å². The van der Waals surface area contributed by atoms with E-state index in [4.69, 9.17) is 0 Å². The Morgan fingerprint density at radius 1 is 0.250 bits per heavy atom. The summed E-state index contributed by atoms with van der Waals surface area (Å²) in [6.07, 6.45) is 0. The van der Waals surface area contributed by atoms with Crippen LogP contribution in [0.4, 0.5) is 0 Å². The third-order valence-electron chi connectivity index (χ3n) is 13.0. The third kappa shape index (κ3) is 4.78. The fraction of sp³-hybridized carbons (Fsp3) is 0.179. The maximum absolute atomic E-state index is 2.53. The predicted octanol–water partition coefficient (Wildman–Crippen LogP) is 16.3. The lowest BCUT2D eigenvalue weighted by molar-refractivity contribution is 0.591. The molecule has 11 aromatic carbocycles. The number of hydrogen-bond acceptors (Lipinski definition) is 0. The lowest BCUT2D eigenvalue weighted by Crippen LogP contribution is -2.10. The zero-order valence-electron chi connectivity index (χ0n) is 33.7. The summed E-state index contributed by atoms with van der Waals surface area (Å²) in [5, 5.41) is 21.5. The Hall–Kier alpha value is -5.98. The van der Waals surface area contributed by atoms with Gasteiger partial charge in [-0.25, -0.2) is 0 Å². The molecule has 0 bridgehead atoms. The molecule has 0 nitrogen and oxygen atoms in total. The third-order valence-corrected chi connectivity index (χ3v) is 13.0. The Kier molecular flexibility index (Phi) is 6.73. The van der Waals surface area contributed by atoms with Crippen molar-refractivity contribution in [2.24, 2.45) is 0 Å². The molecule has 0 aromatic heterocycles. The van der Waals surface area contributed by atoms with Crippen LogP contribution in [0.3, 0.4) is 0 Å². The first kappa shape index (κ1) is 33.4. The van der Waals surface area contributed by atoms with Gasteiger partial charge in [0.15, 0.2) is 0 Å². The zero-order valence-corrected chi connectivity index (χ0v) is 33.7. The molecule has 0 aliphatic rings. The zero-order chi connectivity index (χ0) is 38.4. The van der Waals surface area contributed by atoms with E-state index < -0.39 is 0 Å². The first-order valence-electron chi connectivity index (χ1n) is 20.2. The van der Waals surface area contributed by atoms with Gasteiger partial charge in [0.05, 0.1) is 0 Å². The molecule has 0 aliphatic carbocycles. The molecule has 0 saturated heterocycles. The Bertz CT molecular complexity index is 3170. The molecule has 0 spiro atoms. The van der Waals surface area contributed by atoms with E-state index in [0.717, 1.165) is 0 Å². The second-order valence-electron chi connectivity index (χ2n) is 18.7. The van der Waals surface area contributed by atoms with Crippen LogP contribution in [-0.2, 0) is 10.8 Å². The topological polar surface area (TPSA) is 0 Å². The smallest absolute Gasteiger partial charge is 0.00195 e. The molecule has 0 amide bonds. The molecule has 0 unspecified atom stereocenters. The van der Waals surface area contributed by atoms with Crippen molar-refractivity contribution in [2.75, 3.05) is 0 Å². The molecule has 0 saturated carbocycles. The Morgan fingerprint density at radius 3 is 0.875 bits per heavy atom. The van der Waals surface area contributed by atoms with Crippen molar-refractivity contribution in [3.05, 3.63) is 156 Å². The van der Waals surface area contributed by atoms with Crippen LogP contribution in [0.1, 0.15) is 63.8 Å². The molecule has 11 aromatic rings. The summed E-state index contributed by atoms with van der Waals surface area (Å²) >= 11 is 0. The number of rotatable bonds is 2. The van der Waals surface area contributed by atoms with Crippen molar-refractivity contribution in [1.82, 2.24) is 0 Å². The summed E-state index contributed by atoms with van der Waals surface area (Å²) in [4.78, 5) is 0. The minimum atomic E-state index is 0.0579. The standard InChI is InChI=1S/C56H46/c1-31-9-13-33(14-10-31)35-23-47-41-21-22-42-46(45(41)29-51-39-19-17-37(55(3,4)5)27-43(39)49(25-35)53(47)51)30-52-40-20-18-38(56(6,7)8)28-44(40)50-26-36(24-48(42)54(50)52)34-15-11-32(2)12-16-34/h9-30H,1-8H3. The monoisotopic (exact) mass is 718 g/mol. The van der Waals surface area contributed by atoms with Gasteiger partial charge >= 0.3 is 0 Å². The number of hydrogen-bond donors (Lipinski definition) is 0. The van der Waals surface area contributed by atoms with Gasteiger partial charge in [-0.05, 0) is 193 Å². The average molecular weight is 719 g/mol. The van der Waals surface area contributed by atoms with Crippen LogP contribution >= 0.6 is 0 Å². The highest BCUT2D eigenvalue weighted by Crippen LogP contribution is 2.50. The van der Waals surface area contributed by atoms with Crippen molar-refractivity contribution >= 4 is 86.2 Å². The molecule has 270 valence electrons. The van der Waals surface area contributed by atoms with Crippen molar-refractivity contribution in [3.8, 4) is 22.3 Å². The van der Waals surface area contributed by atoms with E-state index in [9.17, 15) is 0 Å². The molecule has 0 fully saturated rings. The highest BCUT2D eigenvalue weighted by atomic mass is 14.3. The van der Waals surface area contributed by atoms with Gasteiger partial charge < -0.3 is 0 Å². The molecule has 0 aliphatic heterocycles. The van der Waals surface area contributed by atoms with Gasteiger partial charge in [-0.3, -0.25) is 0 Å². The highest BCUT2D eigenvalue weighted by Gasteiger charge is 2.23. The van der Waals surface area contributed by atoms with Gasteiger partial charge in [0.2, 0.25) is 0 Å². The summed E-state index contributed by atoms with van der Waals surface area (Å²) in [5.74, 6) is 0. The van der Waals surface area contributed by atoms with Gasteiger partial charge in [0.25, 0.3) is 0 Å². The van der Waals surface area contributed by atoms with E-state index in [1.165, 1.54) is 131 Å². The fourth-order valence-corrected chi connectivity index (χ4v) is 9.75. The molecular weight excluding hydrogens is 673 g/mol. The van der Waals surface area contributed by atoms with Crippen molar-refractivity contribution in [2.45, 2.75) is 66.2 Å². The lowest BCUT2D eigenvalue weighted by Gasteiger charge is -2.19. The second-order valence-corrected chi connectivity index (χ2v) is 18.7. The largest absolute Gasteiger partial charge is 0.0587 e. The van der Waals surface area contributed by atoms with Crippen LogP contribution in [0.5, 0.6) is 0 Å². The summed E-state index contributed by atoms with van der Waals surface area (Å²) in [6, 6.07) is 52.3. The van der Waals surface area contributed by atoms with E-state index >= 15 is 0 Å². The van der Waals surface area contributed by atoms with Crippen LogP contribution < -0.4 is 0 Å². The maximum Gasteiger partial charge on any atom is -0.00195 e. The Balaban J connectivity index is 1.32. The van der Waals surface area contributed by atoms with E-state index in [1.807, 2.05) is 0 Å². The molecule has 56 heavy (non-hydrogen) atoms. The minimum absolute atomic E-state index is 0.0579. The predicted molar refractivity (Wildman–Crippen MR) is 247 cm³/mol. The normalized spacial score (nSPS) is 13.0. The Morgan fingerprint density at radius 2 is 0.536 bits per heavy atom. The van der Waals surface area contributed by atoms with Gasteiger partial charge in [-0.1, -0.05) is 138 Å². The number of aryl methyl sites for hydroxylation is 2. The number of fused-ring (bicyclic) bond motifs is 11. The van der Waals surface area contributed by atoms with Crippen molar-refractivity contribution in [1.29, 1.82) is 0 Å². The molecule has 0 N–H and O–H groups in total. The fourth-order valence-electron chi connectivity index (χ4n) is 9.75. The molecule has 0 heteroatoms. The van der Waals surface area contributed by atoms with E-state index in [2.05, 4.69) is 189 Å². The summed E-state index contributed by atoms with van der Waals surface area (Å²) in [5.41, 5.74) is 10.5. The van der Waals surface area contributed by atoms with E-state index in [-0.39, 0.29) is 10.8 Å². The minimum Gasteiger partial charge on any atom is -0.0587 e. The van der Waals surface area contributed by atoms with Crippen LogP contribution in [0.2, 0.25) is 0 Å². The van der Waals surface area contributed by atoms with Gasteiger partial charge in [0, 0.05) is 0 Å². The molecule has 11 rings (SSSR count). The van der Waals surface area contributed by atoms with E-state index in [0.29, 0.717) is 0 Å². The average Bonchev–Trinajstić information content (AvgIpc) is 3.67. The SMILES string of the molecule is Cc1ccc(-c2cc3c4ccc5c(cc6c7ccc(C(C)(C)C)cc7c7cc(-c8ccc(C)cc8)cc5c76)c4cc4c5ccc(C(C)(C)C)cc5c(c2)c34)cc1. The van der Waals surface area contributed by atoms with Gasteiger partial charge in [-0.2, -0.15) is 0 Å². The summed E-state index contributed by atoms with van der Waals surface area (Å²) in [7, 11) is 0. The molecule has 0 atom stereocenters. The van der Waals surface area contributed by atoms with Gasteiger partial charge in [0.1, 0.15) is 0 Å². The molecule has 0 radical (unpaired) electrons. The summed E-state index contributed by atoms with van der Waals surface area (Å²) in [6.45, 7) is 18.3. The van der Waals surface area contributed by atoms with Crippen LogP contribution in [0.25, 0.3) is 108 Å². The Labute approximate surface area is 329 Å². The first-order valence-corrected chi connectivity index (χ1v) is 20.2. The van der Waals surface area contributed by atoms with Crippen molar-refractivity contribution in [3.63, 3.8) is 0 Å².